The zero-order chi connectivity index (χ0) is 20.8. The van der Waals surface area contributed by atoms with Crippen molar-refractivity contribution >= 4 is 23.0 Å². The predicted molar refractivity (Wildman–Crippen MR) is 115 cm³/mol. The van der Waals surface area contributed by atoms with Crippen LogP contribution in [0.5, 0.6) is 5.75 Å². The largest absolute Gasteiger partial charge is 0.491 e. The standard InChI is InChI=1S/C24H25NO4/c1-4-18-14-21(26)19-11-12-22(28-16(2)3)20(24(19)29-18)15-25-23(27)13-10-17-8-6-5-7-9-17/h5-14,16H,4,15H2,1-3H3,(H,25,27)/b13-10+. The maximum atomic E-state index is 12.4. The van der Waals surface area contributed by atoms with E-state index in [-0.39, 0.29) is 24.0 Å². The van der Waals surface area contributed by atoms with Crippen LogP contribution in [0.1, 0.15) is 37.7 Å². The minimum absolute atomic E-state index is 0.0547. The summed E-state index contributed by atoms with van der Waals surface area (Å²) in [5, 5.41) is 3.34. The summed E-state index contributed by atoms with van der Waals surface area (Å²) in [5.74, 6) is 0.951. The second-order valence-corrected chi connectivity index (χ2v) is 6.98. The maximum Gasteiger partial charge on any atom is 0.244 e. The van der Waals surface area contributed by atoms with Gasteiger partial charge in [0.05, 0.1) is 23.6 Å². The number of hydrogen-bond donors (Lipinski definition) is 1. The topological polar surface area (TPSA) is 68.5 Å². The lowest BCUT2D eigenvalue weighted by Gasteiger charge is -2.16. The highest BCUT2D eigenvalue weighted by Crippen LogP contribution is 2.28. The lowest BCUT2D eigenvalue weighted by Crippen LogP contribution is -2.22. The number of ether oxygens (including phenoxy) is 1. The summed E-state index contributed by atoms with van der Waals surface area (Å²) in [5.41, 5.74) is 1.95. The Balaban J connectivity index is 1.91. The van der Waals surface area contributed by atoms with Crippen molar-refractivity contribution in [3.8, 4) is 5.75 Å². The second kappa shape index (κ2) is 9.24. The third-order valence-corrected chi connectivity index (χ3v) is 4.39. The third-order valence-electron chi connectivity index (χ3n) is 4.39. The van der Waals surface area contributed by atoms with Crippen LogP contribution in [0.4, 0.5) is 0 Å². The van der Waals surface area contributed by atoms with Gasteiger partial charge in [-0.2, -0.15) is 0 Å². The molecule has 0 radical (unpaired) electrons. The van der Waals surface area contributed by atoms with Crippen molar-refractivity contribution in [3.63, 3.8) is 0 Å². The molecule has 0 fully saturated rings. The van der Waals surface area contributed by atoms with Crippen molar-refractivity contribution in [3.05, 3.63) is 81.7 Å². The number of carbonyl (C=O) groups excluding carboxylic acids is 1. The van der Waals surface area contributed by atoms with Crippen molar-refractivity contribution in [1.82, 2.24) is 5.32 Å². The van der Waals surface area contributed by atoms with Crippen LogP contribution < -0.4 is 15.5 Å². The first-order valence-electron chi connectivity index (χ1n) is 9.74. The summed E-state index contributed by atoms with van der Waals surface area (Å²) in [6.45, 7) is 5.96. The number of benzene rings is 2. The first-order chi connectivity index (χ1) is 14.0. The van der Waals surface area contributed by atoms with Crippen molar-refractivity contribution in [1.29, 1.82) is 0 Å². The molecule has 1 N–H and O–H groups in total. The molecule has 3 rings (SSSR count). The minimum Gasteiger partial charge on any atom is -0.491 e. The Kier molecular flexibility index (Phi) is 6.50. The van der Waals surface area contributed by atoms with E-state index in [4.69, 9.17) is 9.15 Å². The van der Waals surface area contributed by atoms with Gasteiger partial charge in [0, 0.05) is 18.6 Å². The molecular formula is C24H25NO4. The highest BCUT2D eigenvalue weighted by atomic mass is 16.5. The molecule has 0 atom stereocenters. The zero-order valence-electron chi connectivity index (χ0n) is 16.9. The molecule has 150 valence electrons. The lowest BCUT2D eigenvalue weighted by atomic mass is 10.1. The van der Waals surface area contributed by atoms with Crippen LogP contribution in [0, 0.1) is 0 Å². The van der Waals surface area contributed by atoms with Crippen LogP contribution in [-0.4, -0.2) is 12.0 Å². The molecule has 1 aromatic heterocycles. The maximum absolute atomic E-state index is 12.4. The van der Waals surface area contributed by atoms with Gasteiger partial charge in [-0.1, -0.05) is 37.3 Å². The van der Waals surface area contributed by atoms with E-state index in [0.717, 1.165) is 5.56 Å². The van der Waals surface area contributed by atoms with Gasteiger partial charge < -0.3 is 14.5 Å². The molecular weight excluding hydrogens is 366 g/mol. The molecule has 0 unspecified atom stereocenters. The summed E-state index contributed by atoms with van der Waals surface area (Å²) in [7, 11) is 0. The van der Waals surface area contributed by atoms with E-state index in [1.165, 1.54) is 12.1 Å². The summed E-state index contributed by atoms with van der Waals surface area (Å²) in [6, 6.07) is 14.6. The van der Waals surface area contributed by atoms with E-state index in [9.17, 15) is 9.59 Å². The Morgan fingerprint density at radius 2 is 1.93 bits per heavy atom. The third kappa shape index (κ3) is 5.13. The number of nitrogens with one attached hydrogen (secondary N) is 1. The monoisotopic (exact) mass is 391 g/mol. The molecule has 0 bridgehead atoms. The van der Waals surface area contributed by atoms with Crippen LogP contribution in [-0.2, 0) is 17.8 Å². The van der Waals surface area contributed by atoms with Crippen molar-refractivity contribution < 1.29 is 13.9 Å². The van der Waals surface area contributed by atoms with Crippen LogP contribution in [0.15, 0.2) is 63.8 Å². The molecule has 0 aliphatic rings. The van der Waals surface area contributed by atoms with Gasteiger partial charge in [-0.25, -0.2) is 0 Å². The van der Waals surface area contributed by atoms with Gasteiger partial charge >= 0.3 is 0 Å². The summed E-state index contributed by atoms with van der Waals surface area (Å²) >= 11 is 0. The zero-order valence-corrected chi connectivity index (χ0v) is 16.9. The average Bonchev–Trinajstić information content (AvgIpc) is 2.71. The Labute approximate surface area is 170 Å². The quantitative estimate of drug-likeness (QED) is 0.603. The normalized spacial score (nSPS) is 11.3. The average molecular weight is 391 g/mol. The number of aryl methyl sites for hydroxylation is 1. The van der Waals surface area contributed by atoms with E-state index in [1.54, 1.807) is 18.2 Å². The number of carbonyl (C=O) groups is 1. The van der Waals surface area contributed by atoms with Crippen LogP contribution >= 0.6 is 0 Å². The molecule has 0 aliphatic heterocycles. The first kappa shape index (κ1) is 20.4. The molecule has 2 aromatic carbocycles. The highest BCUT2D eigenvalue weighted by molar-refractivity contribution is 5.92. The fourth-order valence-corrected chi connectivity index (χ4v) is 2.98. The SMILES string of the molecule is CCc1cc(=O)c2ccc(OC(C)C)c(CNC(=O)/C=C/c3ccccc3)c2o1. The van der Waals surface area contributed by atoms with E-state index < -0.39 is 0 Å². The number of fused-ring (bicyclic) bond motifs is 1. The van der Waals surface area contributed by atoms with Gasteiger partial charge in [-0.3, -0.25) is 9.59 Å². The first-order valence-corrected chi connectivity index (χ1v) is 9.74. The smallest absolute Gasteiger partial charge is 0.244 e. The summed E-state index contributed by atoms with van der Waals surface area (Å²) in [6.07, 6.45) is 3.78. The van der Waals surface area contributed by atoms with Gasteiger partial charge in [0.1, 0.15) is 17.1 Å². The Hall–Kier alpha value is -3.34. The van der Waals surface area contributed by atoms with E-state index >= 15 is 0 Å². The molecule has 0 spiro atoms. The van der Waals surface area contributed by atoms with Gasteiger partial charge in [-0.15, -0.1) is 0 Å². The molecule has 29 heavy (non-hydrogen) atoms. The molecule has 5 nitrogen and oxygen atoms in total. The highest BCUT2D eigenvalue weighted by Gasteiger charge is 2.16. The Morgan fingerprint density at radius 1 is 1.17 bits per heavy atom. The molecule has 5 heteroatoms. The second-order valence-electron chi connectivity index (χ2n) is 6.98. The lowest BCUT2D eigenvalue weighted by molar-refractivity contribution is -0.116. The molecule has 1 amide bonds. The molecule has 1 heterocycles. The van der Waals surface area contributed by atoms with Gasteiger partial charge in [0.25, 0.3) is 0 Å². The van der Waals surface area contributed by atoms with Crippen LogP contribution in [0.3, 0.4) is 0 Å². The van der Waals surface area contributed by atoms with Gasteiger partial charge in [0.2, 0.25) is 5.91 Å². The van der Waals surface area contributed by atoms with Crippen LogP contribution in [0.25, 0.3) is 17.0 Å². The van der Waals surface area contributed by atoms with Crippen LogP contribution in [0.2, 0.25) is 0 Å². The van der Waals surface area contributed by atoms with E-state index in [2.05, 4.69) is 5.32 Å². The fourth-order valence-electron chi connectivity index (χ4n) is 2.98. The minimum atomic E-state index is -0.240. The molecule has 0 saturated carbocycles. The van der Waals surface area contributed by atoms with E-state index in [0.29, 0.717) is 34.5 Å². The number of rotatable bonds is 7. The van der Waals surface area contributed by atoms with E-state index in [1.807, 2.05) is 51.1 Å². The Morgan fingerprint density at radius 3 is 2.62 bits per heavy atom. The Bertz CT molecular complexity index is 1080. The molecule has 3 aromatic rings. The number of hydrogen-bond acceptors (Lipinski definition) is 4. The summed E-state index contributed by atoms with van der Waals surface area (Å²) in [4.78, 5) is 24.8. The number of amides is 1. The summed E-state index contributed by atoms with van der Waals surface area (Å²) < 4.78 is 11.9. The van der Waals surface area contributed by atoms with Crippen molar-refractivity contribution in [2.75, 3.05) is 0 Å². The fraction of sp³-hybridized carbons (Fsp3) is 0.250. The predicted octanol–water partition coefficient (Wildman–Crippen LogP) is 4.47. The van der Waals surface area contributed by atoms with Gasteiger partial charge in [0.15, 0.2) is 5.43 Å². The van der Waals surface area contributed by atoms with Crippen molar-refractivity contribution in [2.24, 2.45) is 0 Å². The van der Waals surface area contributed by atoms with Crippen molar-refractivity contribution in [2.45, 2.75) is 39.8 Å². The molecule has 0 saturated heterocycles. The van der Waals surface area contributed by atoms with Gasteiger partial charge in [-0.05, 0) is 37.6 Å². The molecule has 0 aliphatic carbocycles.